The van der Waals surface area contributed by atoms with Crippen LogP contribution >= 0.6 is 0 Å². The van der Waals surface area contributed by atoms with Crippen molar-refractivity contribution in [3.05, 3.63) is 48.5 Å². The van der Waals surface area contributed by atoms with Gasteiger partial charge in [0.2, 0.25) is 0 Å². The molecular weight excluding hydrogens is 398 g/mol. The summed E-state index contributed by atoms with van der Waals surface area (Å²) >= 11 is 0. The molecule has 4 atom stereocenters. The van der Waals surface area contributed by atoms with Gasteiger partial charge in [-0.15, -0.1) is 0 Å². The van der Waals surface area contributed by atoms with Crippen molar-refractivity contribution in [3.63, 3.8) is 0 Å². The minimum atomic E-state index is -1.19. The first-order valence-electron chi connectivity index (χ1n) is 10.8. The molecule has 9 nitrogen and oxygen atoms in total. The van der Waals surface area contributed by atoms with Crippen LogP contribution in [0.5, 0.6) is 0 Å². The van der Waals surface area contributed by atoms with Gasteiger partial charge in [-0.1, -0.05) is 43.2 Å². The summed E-state index contributed by atoms with van der Waals surface area (Å²) in [6.07, 6.45) is 3.55. The summed E-state index contributed by atoms with van der Waals surface area (Å²) in [5.41, 5.74) is 2.35. The minimum absolute atomic E-state index is 0.373. The summed E-state index contributed by atoms with van der Waals surface area (Å²) < 4.78 is 7.29. The number of anilines is 1. The summed E-state index contributed by atoms with van der Waals surface area (Å²) in [7, 11) is 0. The van der Waals surface area contributed by atoms with Crippen molar-refractivity contribution in [2.24, 2.45) is 0 Å². The molecule has 0 unspecified atom stereocenters. The van der Waals surface area contributed by atoms with E-state index in [4.69, 9.17) is 4.74 Å². The number of hydrogen-bond acceptors (Lipinski definition) is 8. The molecule has 0 bridgehead atoms. The van der Waals surface area contributed by atoms with E-state index < -0.39 is 24.5 Å². The van der Waals surface area contributed by atoms with Crippen LogP contribution in [0.3, 0.4) is 0 Å². The molecule has 1 saturated heterocycles. The van der Waals surface area contributed by atoms with E-state index in [2.05, 4.69) is 32.0 Å². The van der Waals surface area contributed by atoms with Gasteiger partial charge in [-0.25, -0.2) is 15.0 Å². The van der Waals surface area contributed by atoms with E-state index in [0.29, 0.717) is 17.2 Å². The normalized spacial score (nSPS) is 26.7. The number of ether oxygens (including phenoxy) is 1. The van der Waals surface area contributed by atoms with Crippen LogP contribution in [0.4, 0.5) is 5.82 Å². The molecule has 2 fully saturated rings. The Bertz CT molecular complexity index is 1020. The van der Waals surface area contributed by atoms with Crippen LogP contribution in [-0.2, 0) is 11.3 Å². The van der Waals surface area contributed by atoms with Gasteiger partial charge in [0.15, 0.2) is 23.2 Å². The molecule has 9 heteroatoms. The Morgan fingerprint density at radius 1 is 1.03 bits per heavy atom. The number of benzene rings is 1. The number of hydrogen-bond donors (Lipinski definition) is 3. The van der Waals surface area contributed by atoms with Crippen LogP contribution in [0.15, 0.2) is 43.0 Å². The Balaban J connectivity index is 1.53. The highest BCUT2D eigenvalue weighted by Gasteiger charge is 2.44. The van der Waals surface area contributed by atoms with E-state index in [1.807, 2.05) is 18.2 Å². The lowest BCUT2D eigenvalue weighted by atomic mass is 10.1. The van der Waals surface area contributed by atoms with Crippen molar-refractivity contribution < 1.29 is 20.1 Å². The van der Waals surface area contributed by atoms with Gasteiger partial charge in [0.1, 0.15) is 24.6 Å². The SMILES string of the molecule is OC[C@H]1O[C@@H](n2cnc3c(N(Cc4ccccc4)C4CCCC4)ncnc32)[C@H](O)[C@@H]1O. The lowest BCUT2D eigenvalue weighted by Gasteiger charge is -2.30. The Hall–Kier alpha value is -2.59. The van der Waals surface area contributed by atoms with Gasteiger partial charge in [-0.2, -0.15) is 0 Å². The molecule has 1 aliphatic heterocycles. The standard InChI is InChI=1S/C22H27N5O4/c28-11-16-18(29)19(30)22(31-16)27-13-25-17-20(23-12-24-21(17)27)26(15-8-4-5-9-15)10-14-6-2-1-3-7-14/h1-3,6-7,12-13,15-16,18-19,22,28-30H,4-5,8-11H2/t16-,18-,19-,22-/m1/s1. The van der Waals surface area contributed by atoms with Crippen LogP contribution in [0.1, 0.15) is 37.5 Å². The Kier molecular flexibility index (Phi) is 5.58. The Labute approximate surface area is 180 Å². The van der Waals surface area contributed by atoms with Crippen LogP contribution in [0.2, 0.25) is 0 Å². The van der Waals surface area contributed by atoms with Gasteiger partial charge in [0, 0.05) is 12.6 Å². The zero-order valence-electron chi connectivity index (χ0n) is 17.2. The first kappa shape index (κ1) is 20.3. The van der Waals surface area contributed by atoms with E-state index in [9.17, 15) is 15.3 Å². The highest BCUT2D eigenvalue weighted by atomic mass is 16.6. The zero-order chi connectivity index (χ0) is 21.4. The highest BCUT2D eigenvalue weighted by Crippen LogP contribution is 2.35. The number of aliphatic hydroxyl groups is 3. The number of fused-ring (bicyclic) bond motifs is 1. The summed E-state index contributed by atoms with van der Waals surface area (Å²) in [4.78, 5) is 15.9. The van der Waals surface area contributed by atoms with Crippen molar-refractivity contribution in [2.45, 2.75) is 62.8 Å². The second-order valence-corrected chi connectivity index (χ2v) is 8.30. The van der Waals surface area contributed by atoms with Crippen molar-refractivity contribution in [1.82, 2.24) is 19.5 Å². The zero-order valence-corrected chi connectivity index (χ0v) is 17.2. The van der Waals surface area contributed by atoms with Crippen molar-refractivity contribution in [1.29, 1.82) is 0 Å². The summed E-state index contributed by atoms with van der Waals surface area (Å²) in [5.74, 6) is 0.756. The fraction of sp³-hybridized carbons (Fsp3) is 0.500. The van der Waals surface area contributed by atoms with Gasteiger partial charge in [0.05, 0.1) is 12.9 Å². The Morgan fingerprint density at radius 2 is 1.81 bits per heavy atom. The predicted octanol–water partition coefficient (Wildman–Crippen LogP) is 1.39. The first-order valence-corrected chi connectivity index (χ1v) is 10.8. The van der Waals surface area contributed by atoms with E-state index in [1.165, 1.54) is 24.7 Å². The molecule has 3 aromatic rings. The maximum Gasteiger partial charge on any atom is 0.167 e. The fourth-order valence-electron chi connectivity index (χ4n) is 4.72. The number of imidazole rings is 1. The Morgan fingerprint density at radius 3 is 2.52 bits per heavy atom. The van der Waals surface area contributed by atoms with Crippen molar-refractivity contribution in [3.8, 4) is 0 Å². The van der Waals surface area contributed by atoms with E-state index in [0.717, 1.165) is 25.2 Å². The summed E-state index contributed by atoms with van der Waals surface area (Å²) in [6, 6.07) is 10.7. The quantitative estimate of drug-likeness (QED) is 0.542. The molecule has 0 radical (unpaired) electrons. The molecule has 3 heterocycles. The van der Waals surface area contributed by atoms with Gasteiger partial charge >= 0.3 is 0 Å². The molecule has 5 rings (SSSR count). The smallest absolute Gasteiger partial charge is 0.167 e. The molecule has 2 aliphatic rings. The third kappa shape index (κ3) is 3.67. The van der Waals surface area contributed by atoms with Crippen LogP contribution in [0, 0.1) is 0 Å². The molecule has 0 amide bonds. The van der Waals surface area contributed by atoms with Crippen molar-refractivity contribution in [2.75, 3.05) is 11.5 Å². The minimum Gasteiger partial charge on any atom is -0.394 e. The third-order valence-corrected chi connectivity index (χ3v) is 6.36. The van der Waals surface area contributed by atoms with Crippen molar-refractivity contribution >= 4 is 17.0 Å². The van der Waals surface area contributed by atoms with E-state index in [-0.39, 0.29) is 6.61 Å². The molecule has 1 saturated carbocycles. The first-order chi connectivity index (χ1) is 15.2. The number of aromatic nitrogens is 4. The number of nitrogens with zero attached hydrogens (tertiary/aromatic N) is 5. The fourth-order valence-corrected chi connectivity index (χ4v) is 4.72. The maximum atomic E-state index is 10.4. The second kappa shape index (κ2) is 8.51. The van der Waals surface area contributed by atoms with Gasteiger partial charge < -0.3 is 25.0 Å². The monoisotopic (exact) mass is 425 g/mol. The maximum absolute atomic E-state index is 10.4. The predicted molar refractivity (Wildman–Crippen MR) is 113 cm³/mol. The van der Waals surface area contributed by atoms with Gasteiger partial charge in [-0.05, 0) is 18.4 Å². The largest absolute Gasteiger partial charge is 0.394 e. The molecule has 3 N–H and O–H groups in total. The van der Waals surface area contributed by atoms with E-state index >= 15 is 0 Å². The van der Waals surface area contributed by atoms with Crippen LogP contribution < -0.4 is 4.90 Å². The average Bonchev–Trinajstić information content (AvgIpc) is 3.53. The molecular formula is C22H27N5O4. The molecule has 2 aromatic heterocycles. The molecule has 164 valence electrons. The van der Waals surface area contributed by atoms with Gasteiger partial charge in [0.25, 0.3) is 0 Å². The number of rotatable bonds is 6. The van der Waals surface area contributed by atoms with Crippen LogP contribution in [-0.4, -0.2) is 65.8 Å². The molecule has 0 spiro atoms. The summed E-state index contributed by atoms with van der Waals surface area (Å²) in [5, 5.41) is 30.0. The van der Waals surface area contributed by atoms with E-state index in [1.54, 1.807) is 10.9 Å². The topological polar surface area (TPSA) is 117 Å². The summed E-state index contributed by atoms with van der Waals surface area (Å²) in [6.45, 7) is 0.340. The number of aliphatic hydroxyl groups excluding tert-OH is 3. The van der Waals surface area contributed by atoms with Gasteiger partial charge in [-0.3, -0.25) is 4.57 Å². The lowest BCUT2D eigenvalue weighted by molar-refractivity contribution is -0.0511. The van der Waals surface area contributed by atoms with Crippen LogP contribution in [0.25, 0.3) is 11.2 Å². The molecule has 1 aromatic carbocycles. The average molecular weight is 425 g/mol. The third-order valence-electron chi connectivity index (χ3n) is 6.36. The lowest BCUT2D eigenvalue weighted by Crippen LogP contribution is -2.34. The second-order valence-electron chi connectivity index (χ2n) is 8.30. The highest BCUT2D eigenvalue weighted by molar-refractivity contribution is 5.83. The molecule has 1 aliphatic carbocycles. The molecule has 31 heavy (non-hydrogen) atoms.